The zero-order valence-electron chi connectivity index (χ0n) is 12.4. The fraction of sp³-hybridized carbons (Fsp3) is 0.611. The molecule has 0 aliphatic heterocycles. The zero-order chi connectivity index (χ0) is 13.7. The first-order valence-electron chi connectivity index (χ1n) is 7.80. The second-order valence-corrected chi connectivity index (χ2v) is 6.24. The number of benzene rings is 1. The van der Waals surface area contributed by atoms with Crippen LogP contribution in [0.3, 0.4) is 0 Å². The van der Waals surface area contributed by atoms with E-state index in [-0.39, 0.29) is 5.41 Å². The molecule has 0 saturated heterocycles. The van der Waals surface area contributed by atoms with Crippen molar-refractivity contribution in [1.82, 2.24) is 0 Å². The minimum atomic E-state index is -0.131. The van der Waals surface area contributed by atoms with Crippen LogP contribution in [0.15, 0.2) is 24.3 Å². The van der Waals surface area contributed by atoms with E-state index in [1.807, 2.05) is 18.2 Å². The molecule has 0 fully saturated rings. The van der Waals surface area contributed by atoms with E-state index in [1.54, 1.807) is 0 Å². The summed E-state index contributed by atoms with van der Waals surface area (Å²) in [6.45, 7) is 4.40. The molecule has 0 bridgehead atoms. The summed E-state index contributed by atoms with van der Waals surface area (Å²) in [6.07, 6.45) is 9.78. The predicted molar refractivity (Wildman–Crippen MR) is 80.6 cm³/mol. The minimum absolute atomic E-state index is 0.131. The molecule has 1 aromatic carbocycles. The molecule has 0 saturated carbocycles. The zero-order valence-corrected chi connectivity index (χ0v) is 12.4. The number of hydrogen-bond donors (Lipinski definition) is 0. The van der Waals surface area contributed by atoms with Crippen LogP contribution in [0.4, 0.5) is 0 Å². The smallest absolute Gasteiger partial charge is 0.169 e. The van der Waals surface area contributed by atoms with Gasteiger partial charge in [-0.05, 0) is 18.4 Å². The second-order valence-electron chi connectivity index (χ2n) is 6.24. The van der Waals surface area contributed by atoms with Gasteiger partial charge in [0, 0.05) is 11.0 Å². The van der Waals surface area contributed by atoms with Crippen LogP contribution in [-0.4, -0.2) is 5.78 Å². The normalized spacial score (nSPS) is 21.7. The number of fused-ring (bicyclic) bond motifs is 1. The van der Waals surface area contributed by atoms with Gasteiger partial charge < -0.3 is 0 Å². The van der Waals surface area contributed by atoms with Crippen LogP contribution in [0.5, 0.6) is 0 Å². The van der Waals surface area contributed by atoms with Crippen LogP contribution in [0.1, 0.15) is 74.7 Å². The SMILES string of the molecule is CCCCCCCCC1(C)Cc2ccccc2C1=O. The molecule has 0 radical (unpaired) electrons. The largest absolute Gasteiger partial charge is 0.294 e. The molecular weight excluding hydrogens is 232 g/mol. The molecule has 1 aliphatic carbocycles. The highest BCUT2D eigenvalue weighted by molar-refractivity contribution is 6.04. The Morgan fingerprint density at radius 2 is 1.74 bits per heavy atom. The third kappa shape index (κ3) is 3.26. The quantitative estimate of drug-likeness (QED) is 0.616. The van der Waals surface area contributed by atoms with Crippen molar-refractivity contribution in [2.45, 2.75) is 65.2 Å². The average Bonchev–Trinajstić information content (AvgIpc) is 2.67. The molecule has 0 N–H and O–H groups in total. The van der Waals surface area contributed by atoms with E-state index in [4.69, 9.17) is 0 Å². The van der Waals surface area contributed by atoms with Gasteiger partial charge in [-0.1, -0.05) is 76.6 Å². The molecule has 0 heterocycles. The number of ketones is 1. The van der Waals surface area contributed by atoms with Crippen LogP contribution >= 0.6 is 0 Å². The summed E-state index contributed by atoms with van der Waals surface area (Å²) in [7, 11) is 0. The van der Waals surface area contributed by atoms with Crippen LogP contribution in [-0.2, 0) is 6.42 Å². The molecule has 19 heavy (non-hydrogen) atoms. The van der Waals surface area contributed by atoms with Gasteiger partial charge in [-0.2, -0.15) is 0 Å². The fourth-order valence-corrected chi connectivity index (χ4v) is 3.22. The number of rotatable bonds is 7. The fourth-order valence-electron chi connectivity index (χ4n) is 3.22. The number of carbonyl (C=O) groups is 1. The molecule has 104 valence electrons. The summed E-state index contributed by atoms with van der Waals surface area (Å²) in [6, 6.07) is 8.12. The number of unbranched alkanes of at least 4 members (excludes halogenated alkanes) is 5. The van der Waals surface area contributed by atoms with Crippen molar-refractivity contribution in [3.05, 3.63) is 35.4 Å². The van der Waals surface area contributed by atoms with Crippen molar-refractivity contribution >= 4 is 5.78 Å². The number of hydrogen-bond acceptors (Lipinski definition) is 1. The Bertz CT molecular complexity index is 435. The molecule has 1 aliphatic rings. The molecule has 1 atom stereocenters. The van der Waals surface area contributed by atoms with Crippen LogP contribution in [0.2, 0.25) is 0 Å². The van der Waals surface area contributed by atoms with Crippen LogP contribution in [0, 0.1) is 5.41 Å². The van der Waals surface area contributed by atoms with E-state index < -0.39 is 0 Å². The highest BCUT2D eigenvalue weighted by Crippen LogP contribution is 2.40. The lowest BCUT2D eigenvalue weighted by Crippen LogP contribution is -2.23. The van der Waals surface area contributed by atoms with E-state index in [0.717, 1.165) is 18.4 Å². The monoisotopic (exact) mass is 258 g/mol. The minimum Gasteiger partial charge on any atom is -0.294 e. The van der Waals surface area contributed by atoms with E-state index in [0.29, 0.717) is 5.78 Å². The lowest BCUT2D eigenvalue weighted by molar-refractivity contribution is 0.0826. The van der Waals surface area contributed by atoms with E-state index in [2.05, 4.69) is 19.9 Å². The van der Waals surface area contributed by atoms with Gasteiger partial charge in [0.15, 0.2) is 5.78 Å². The van der Waals surface area contributed by atoms with Crippen LogP contribution < -0.4 is 0 Å². The molecular formula is C18H26O. The Kier molecular flexibility index (Phi) is 4.79. The molecule has 1 heteroatoms. The summed E-state index contributed by atoms with van der Waals surface area (Å²) in [5.74, 6) is 0.372. The Labute approximate surface area is 117 Å². The Morgan fingerprint density at radius 1 is 1.05 bits per heavy atom. The van der Waals surface area contributed by atoms with Gasteiger partial charge in [0.25, 0.3) is 0 Å². The van der Waals surface area contributed by atoms with Crippen molar-refractivity contribution < 1.29 is 4.79 Å². The highest BCUT2D eigenvalue weighted by Gasteiger charge is 2.40. The summed E-state index contributed by atoms with van der Waals surface area (Å²) >= 11 is 0. The third-order valence-corrected chi connectivity index (χ3v) is 4.47. The van der Waals surface area contributed by atoms with Crippen molar-refractivity contribution in [3.63, 3.8) is 0 Å². The molecule has 0 amide bonds. The summed E-state index contributed by atoms with van der Waals surface area (Å²) in [4.78, 5) is 12.5. The summed E-state index contributed by atoms with van der Waals surface area (Å²) in [5, 5.41) is 0. The van der Waals surface area contributed by atoms with Gasteiger partial charge in [-0.15, -0.1) is 0 Å². The molecule has 0 aromatic heterocycles. The topological polar surface area (TPSA) is 17.1 Å². The lowest BCUT2D eigenvalue weighted by atomic mass is 9.81. The third-order valence-electron chi connectivity index (χ3n) is 4.47. The average molecular weight is 258 g/mol. The molecule has 2 rings (SSSR count). The first-order valence-corrected chi connectivity index (χ1v) is 7.80. The van der Waals surface area contributed by atoms with Gasteiger partial charge >= 0.3 is 0 Å². The predicted octanol–water partition coefficient (Wildman–Crippen LogP) is 5.18. The Hall–Kier alpha value is -1.11. The summed E-state index contributed by atoms with van der Waals surface area (Å²) < 4.78 is 0. The van der Waals surface area contributed by atoms with E-state index in [9.17, 15) is 4.79 Å². The maximum absolute atomic E-state index is 12.5. The first-order chi connectivity index (χ1) is 9.17. The van der Waals surface area contributed by atoms with Crippen LogP contribution in [0.25, 0.3) is 0 Å². The number of carbonyl (C=O) groups excluding carboxylic acids is 1. The van der Waals surface area contributed by atoms with E-state index in [1.165, 1.54) is 44.1 Å². The van der Waals surface area contributed by atoms with Crippen molar-refractivity contribution in [1.29, 1.82) is 0 Å². The van der Waals surface area contributed by atoms with Gasteiger partial charge in [-0.25, -0.2) is 0 Å². The van der Waals surface area contributed by atoms with E-state index >= 15 is 0 Å². The van der Waals surface area contributed by atoms with Gasteiger partial charge in [-0.3, -0.25) is 4.79 Å². The van der Waals surface area contributed by atoms with Gasteiger partial charge in [0.2, 0.25) is 0 Å². The Morgan fingerprint density at radius 3 is 2.47 bits per heavy atom. The maximum atomic E-state index is 12.5. The molecule has 1 unspecified atom stereocenters. The summed E-state index contributed by atoms with van der Waals surface area (Å²) in [5.41, 5.74) is 2.09. The van der Waals surface area contributed by atoms with Crippen molar-refractivity contribution in [3.8, 4) is 0 Å². The highest BCUT2D eigenvalue weighted by atomic mass is 16.1. The Balaban J connectivity index is 1.83. The van der Waals surface area contributed by atoms with Gasteiger partial charge in [0.05, 0.1) is 0 Å². The maximum Gasteiger partial charge on any atom is 0.169 e. The van der Waals surface area contributed by atoms with Gasteiger partial charge in [0.1, 0.15) is 0 Å². The van der Waals surface area contributed by atoms with Crippen molar-refractivity contribution in [2.24, 2.45) is 5.41 Å². The second kappa shape index (κ2) is 6.36. The standard InChI is InChI=1S/C18H26O/c1-3-4-5-6-7-10-13-18(2)14-15-11-8-9-12-16(15)17(18)19/h8-9,11-12H,3-7,10,13-14H2,1-2H3. The lowest BCUT2D eigenvalue weighted by Gasteiger charge is -2.21. The first kappa shape index (κ1) is 14.3. The number of Topliss-reactive ketones (excluding diaryl/α,β-unsaturated/α-hetero) is 1. The molecule has 1 aromatic rings. The van der Waals surface area contributed by atoms with Crippen molar-refractivity contribution in [2.75, 3.05) is 0 Å². The molecule has 0 spiro atoms. The molecule has 1 nitrogen and oxygen atoms in total.